The van der Waals surface area contributed by atoms with E-state index in [9.17, 15) is 14.9 Å². The molecule has 0 aliphatic heterocycles. The number of carbonyl (C=O) groups is 1. The van der Waals surface area contributed by atoms with Crippen molar-refractivity contribution in [2.45, 2.75) is 13.3 Å². The van der Waals surface area contributed by atoms with Crippen LogP contribution in [0.25, 0.3) is 21.8 Å². The first-order chi connectivity index (χ1) is 13.1. The maximum atomic E-state index is 12.4. The van der Waals surface area contributed by atoms with E-state index >= 15 is 0 Å². The summed E-state index contributed by atoms with van der Waals surface area (Å²) in [5.74, 6) is -0.311. The highest BCUT2D eigenvalue weighted by Gasteiger charge is 2.11. The van der Waals surface area contributed by atoms with Crippen LogP contribution in [0.15, 0.2) is 60.7 Å². The lowest BCUT2D eigenvalue weighted by molar-refractivity contribution is -0.384. The molecule has 0 aliphatic carbocycles. The van der Waals surface area contributed by atoms with Gasteiger partial charge in [-0.3, -0.25) is 14.9 Å². The molecule has 6 nitrogen and oxygen atoms in total. The normalized spacial score (nSPS) is 11.0. The number of carbonyl (C=O) groups excluding carboxylic acids is 1. The molecule has 1 amide bonds. The molecule has 134 valence electrons. The van der Waals surface area contributed by atoms with Crippen molar-refractivity contribution in [1.82, 2.24) is 4.98 Å². The van der Waals surface area contributed by atoms with Crippen LogP contribution in [0.5, 0.6) is 0 Å². The fourth-order valence-electron chi connectivity index (χ4n) is 3.30. The number of para-hydroxylation sites is 1. The molecule has 0 bridgehead atoms. The summed E-state index contributed by atoms with van der Waals surface area (Å²) in [4.78, 5) is 26.1. The van der Waals surface area contributed by atoms with Gasteiger partial charge >= 0.3 is 0 Å². The van der Waals surface area contributed by atoms with E-state index in [0.717, 1.165) is 28.2 Å². The molecule has 1 aromatic heterocycles. The van der Waals surface area contributed by atoms with Gasteiger partial charge in [0.2, 0.25) is 0 Å². The number of H-pyrrole nitrogens is 1. The SMILES string of the molecule is CCc1cccc2c1[nH]c1cc(NC(=O)c3ccc([N+](=O)[O-])cc3)ccc12. The highest BCUT2D eigenvalue weighted by atomic mass is 16.6. The number of nitro benzene ring substituents is 1. The van der Waals surface area contributed by atoms with Crippen LogP contribution in [0, 0.1) is 10.1 Å². The first-order valence-electron chi connectivity index (χ1n) is 8.66. The van der Waals surface area contributed by atoms with Crippen molar-refractivity contribution in [3.05, 3.63) is 81.9 Å². The standard InChI is InChI=1S/C21H17N3O3/c1-2-13-4-3-5-18-17-11-8-15(12-19(17)23-20(13)18)22-21(25)14-6-9-16(10-7-14)24(26)27/h3-12,23H,2H2,1H3,(H,22,25). The number of amides is 1. The minimum Gasteiger partial charge on any atom is -0.354 e. The van der Waals surface area contributed by atoms with Gasteiger partial charge in [-0.2, -0.15) is 0 Å². The molecule has 6 heteroatoms. The number of hydrogen-bond acceptors (Lipinski definition) is 3. The molecular weight excluding hydrogens is 342 g/mol. The highest BCUT2D eigenvalue weighted by molar-refractivity contribution is 6.10. The number of fused-ring (bicyclic) bond motifs is 3. The lowest BCUT2D eigenvalue weighted by Gasteiger charge is -2.05. The summed E-state index contributed by atoms with van der Waals surface area (Å²) in [7, 11) is 0. The molecular formula is C21H17N3O3. The third-order valence-electron chi connectivity index (χ3n) is 4.70. The predicted molar refractivity (Wildman–Crippen MR) is 106 cm³/mol. The Kier molecular flexibility index (Phi) is 4.08. The molecule has 4 rings (SSSR count). The van der Waals surface area contributed by atoms with Gasteiger partial charge in [0, 0.05) is 45.2 Å². The number of aryl methyl sites for hydroxylation is 1. The lowest BCUT2D eigenvalue weighted by Crippen LogP contribution is -2.11. The Hall–Kier alpha value is -3.67. The van der Waals surface area contributed by atoms with Crippen molar-refractivity contribution >= 4 is 39.1 Å². The van der Waals surface area contributed by atoms with E-state index in [0.29, 0.717) is 11.3 Å². The van der Waals surface area contributed by atoms with Crippen molar-refractivity contribution in [1.29, 1.82) is 0 Å². The summed E-state index contributed by atoms with van der Waals surface area (Å²) < 4.78 is 0. The quantitative estimate of drug-likeness (QED) is 0.395. The minimum absolute atomic E-state index is 0.0437. The first-order valence-corrected chi connectivity index (χ1v) is 8.66. The van der Waals surface area contributed by atoms with Gasteiger partial charge in [0.25, 0.3) is 11.6 Å². The van der Waals surface area contributed by atoms with Crippen LogP contribution in [-0.2, 0) is 6.42 Å². The maximum absolute atomic E-state index is 12.4. The Morgan fingerprint density at radius 1 is 1.07 bits per heavy atom. The Labute approximate surface area is 155 Å². The largest absolute Gasteiger partial charge is 0.354 e. The van der Waals surface area contributed by atoms with Gasteiger partial charge in [-0.05, 0) is 36.2 Å². The predicted octanol–water partition coefficient (Wildman–Crippen LogP) is 5.04. The summed E-state index contributed by atoms with van der Waals surface area (Å²) in [6.45, 7) is 2.12. The average Bonchev–Trinajstić information content (AvgIpc) is 3.05. The van der Waals surface area contributed by atoms with Gasteiger partial charge in [0.1, 0.15) is 0 Å². The number of aromatic amines is 1. The van der Waals surface area contributed by atoms with Gasteiger partial charge in [0.05, 0.1) is 4.92 Å². The van der Waals surface area contributed by atoms with Crippen LogP contribution >= 0.6 is 0 Å². The molecule has 0 saturated carbocycles. The van der Waals surface area contributed by atoms with Gasteiger partial charge in [-0.1, -0.05) is 31.2 Å². The number of rotatable bonds is 4. The molecule has 27 heavy (non-hydrogen) atoms. The second-order valence-electron chi connectivity index (χ2n) is 6.34. The van der Waals surface area contributed by atoms with Gasteiger partial charge in [-0.25, -0.2) is 0 Å². The summed E-state index contributed by atoms with van der Waals surface area (Å²) in [5, 5.41) is 15.8. The Bertz CT molecular complexity index is 1180. The monoisotopic (exact) mass is 359 g/mol. The minimum atomic E-state index is -0.490. The van der Waals surface area contributed by atoms with E-state index in [1.54, 1.807) is 0 Å². The van der Waals surface area contributed by atoms with Crippen molar-refractivity contribution in [2.24, 2.45) is 0 Å². The van der Waals surface area contributed by atoms with E-state index in [2.05, 4.69) is 35.4 Å². The number of nitrogens with zero attached hydrogens (tertiary/aromatic N) is 1. The van der Waals surface area contributed by atoms with Gasteiger partial charge in [-0.15, -0.1) is 0 Å². The Morgan fingerprint density at radius 3 is 2.56 bits per heavy atom. The molecule has 0 saturated heterocycles. The van der Waals surface area contributed by atoms with Crippen LogP contribution < -0.4 is 5.32 Å². The number of nitro groups is 1. The summed E-state index contributed by atoms with van der Waals surface area (Å²) >= 11 is 0. The third kappa shape index (κ3) is 3.01. The number of anilines is 1. The fraction of sp³-hybridized carbons (Fsp3) is 0.0952. The molecule has 0 spiro atoms. The van der Waals surface area contributed by atoms with E-state index in [4.69, 9.17) is 0 Å². The number of benzene rings is 3. The van der Waals surface area contributed by atoms with Crippen LogP contribution in [0.2, 0.25) is 0 Å². The topological polar surface area (TPSA) is 88.0 Å². The molecule has 2 N–H and O–H groups in total. The molecule has 0 aliphatic rings. The number of non-ortho nitro benzene ring substituents is 1. The van der Waals surface area contributed by atoms with Crippen molar-refractivity contribution in [2.75, 3.05) is 5.32 Å². The van der Waals surface area contributed by atoms with Crippen LogP contribution in [0.1, 0.15) is 22.8 Å². The van der Waals surface area contributed by atoms with Crippen molar-refractivity contribution in [3.63, 3.8) is 0 Å². The maximum Gasteiger partial charge on any atom is 0.269 e. The Balaban J connectivity index is 1.65. The number of nitrogens with one attached hydrogen (secondary N) is 2. The summed E-state index contributed by atoms with van der Waals surface area (Å²) in [5.41, 5.74) is 4.31. The van der Waals surface area contributed by atoms with Crippen LogP contribution in [0.4, 0.5) is 11.4 Å². The third-order valence-corrected chi connectivity index (χ3v) is 4.70. The van der Waals surface area contributed by atoms with Crippen molar-refractivity contribution < 1.29 is 9.72 Å². The second-order valence-corrected chi connectivity index (χ2v) is 6.34. The van der Waals surface area contributed by atoms with E-state index < -0.39 is 4.92 Å². The Morgan fingerprint density at radius 2 is 1.85 bits per heavy atom. The zero-order chi connectivity index (χ0) is 19.0. The first kappa shape index (κ1) is 16.8. The molecule has 0 radical (unpaired) electrons. The molecule has 3 aromatic carbocycles. The zero-order valence-electron chi connectivity index (χ0n) is 14.7. The summed E-state index contributed by atoms with van der Waals surface area (Å²) in [6.07, 6.45) is 0.938. The average molecular weight is 359 g/mol. The second kappa shape index (κ2) is 6.57. The van der Waals surface area contributed by atoms with Crippen LogP contribution in [-0.4, -0.2) is 15.8 Å². The fourth-order valence-corrected chi connectivity index (χ4v) is 3.30. The number of hydrogen-bond donors (Lipinski definition) is 2. The molecule has 1 heterocycles. The lowest BCUT2D eigenvalue weighted by atomic mass is 10.1. The number of aromatic nitrogens is 1. The van der Waals surface area contributed by atoms with Crippen molar-refractivity contribution in [3.8, 4) is 0 Å². The highest BCUT2D eigenvalue weighted by Crippen LogP contribution is 2.30. The molecule has 0 unspecified atom stereocenters. The van der Waals surface area contributed by atoms with Gasteiger partial charge in [0.15, 0.2) is 0 Å². The molecule has 0 fully saturated rings. The van der Waals surface area contributed by atoms with E-state index in [1.807, 2.05) is 18.2 Å². The smallest absolute Gasteiger partial charge is 0.269 e. The van der Waals surface area contributed by atoms with E-state index in [1.165, 1.54) is 29.8 Å². The van der Waals surface area contributed by atoms with Gasteiger partial charge < -0.3 is 10.3 Å². The molecule has 0 atom stereocenters. The zero-order valence-corrected chi connectivity index (χ0v) is 14.7. The molecule has 4 aromatic rings. The van der Waals surface area contributed by atoms with E-state index in [-0.39, 0.29) is 11.6 Å². The summed E-state index contributed by atoms with van der Waals surface area (Å²) in [6, 6.07) is 17.5. The van der Waals surface area contributed by atoms with Crippen LogP contribution in [0.3, 0.4) is 0 Å².